The molecule has 0 bridgehead atoms. The van der Waals surface area contributed by atoms with Crippen LogP contribution in [0.3, 0.4) is 0 Å². The lowest BCUT2D eigenvalue weighted by atomic mass is 10.2. The van der Waals surface area contributed by atoms with Gasteiger partial charge in [0, 0.05) is 0 Å². The first-order valence-electron chi connectivity index (χ1n) is 3.62. The second-order valence-corrected chi connectivity index (χ2v) is 2.50. The fourth-order valence-electron chi connectivity index (χ4n) is 1.13. The number of nitrogens with one attached hydrogen (secondary N) is 1. The molecule has 0 aromatic heterocycles. The zero-order chi connectivity index (χ0) is 8.39. The first-order chi connectivity index (χ1) is 5.90. The molecule has 0 spiro atoms. The molecule has 0 aliphatic carbocycles. The SMILES string of the molecule is N=NCc1ccc2c(c1)OCO2. The third-order valence-electron chi connectivity index (χ3n) is 1.70. The molecule has 1 heterocycles. The number of hydrogen-bond donors (Lipinski definition) is 1. The lowest BCUT2D eigenvalue weighted by Crippen LogP contribution is -1.92. The maximum absolute atomic E-state index is 6.69. The van der Waals surface area contributed by atoms with E-state index in [4.69, 9.17) is 15.0 Å². The minimum Gasteiger partial charge on any atom is -0.454 e. The molecule has 4 heteroatoms. The summed E-state index contributed by atoms with van der Waals surface area (Å²) in [5, 5.41) is 3.29. The summed E-state index contributed by atoms with van der Waals surface area (Å²) in [4.78, 5) is 0. The Kier molecular flexibility index (Phi) is 1.66. The molecule has 0 amide bonds. The van der Waals surface area contributed by atoms with Crippen molar-refractivity contribution < 1.29 is 9.47 Å². The van der Waals surface area contributed by atoms with Crippen LogP contribution < -0.4 is 9.47 Å². The van der Waals surface area contributed by atoms with Gasteiger partial charge in [-0.05, 0) is 17.7 Å². The van der Waals surface area contributed by atoms with Crippen LogP contribution in [0.4, 0.5) is 0 Å². The van der Waals surface area contributed by atoms with Crippen LogP contribution in [-0.2, 0) is 6.54 Å². The molecule has 4 nitrogen and oxygen atoms in total. The molecular formula is C8H8N2O2. The van der Waals surface area contributed by atoms with Crippen LogP contribution in [-0.4, -0.2) is 6.79 Å². The van der Waals surface area contributed by atoms with E-state index < -0.39 is 0 Å². The highest BCUT2D eigenvalue weighted by atomic mass is 16.7. The quantitative estimate of drug-likeness (QED) is 0.679. The predicted molar refractivity (Wildman–Crippen MR) is 41.4 cm³/mol. The van der Waals surface area contributed by atoms with Crippen LogP contribution in [0.15, 0.2) is 23.3 Å². The standard InChI is InChI=1S/C8H8N2O2/c9-10-4-6-1-2-7-8(3-6)12-5-11-7/h1-3,9H,4-5H2. The van der Waals surface area contributed by atoms with Gasteiger partial charge in [-0.15, -0.1) is 0 Å². The van der Waals surface area contributed by atoms with E-state index in [-0.39, 0.29) is 6.79 Å². The Labute approximate surface area is 69.6 Å². The van der Waals surface area contributed by atoms with E-state index in [1.807, 2.05) is 18.2 Å². The van der Waals surface area contributed by atoms with Gasteiger partial charge < -0.3 is 9.47 Å². The lowest BCUT2D eigenvalue weighted by Gasteiger charge is -1.97. The molecule has 1 aromatic rings. The van der Waals surface area contributed by atoms with Gasteiger partial charge in [0.15, 0.2) is 11.5 Å². The number of nitrogens with zero attached hydrogens (tertiary/aromatic N) is 1. The van der Waals surface area contributed by atoms with Crippen molar-refractivity contribution in [1.29, 1.82) is 5.53 Å². The Bertz CT molecular complexity index is 312. The van der Waals surface area contributed by atoms with Gasteiger partial charge in [-0.1, -0.05) is 6.07 Å². The number of rotatable bonds is 2. The molecule has 0 unspecified atom stereocenters. The smallest absolute Gasteiger partial charge is 0.231 e. The van der Waals surface area contributed by atoms with Gasteiger partial charge >= 0.3 is 0 Å². The van der Waals surface area contributed by atoms with E-state index in [0.29, 0.717) is 6.54 Å². The normalized spacial score (nSPS) is 13.0. The summed E-state index contributed by atoms with van der Waals surface area (Å²) in [6.45, 7) is 0.688. The predicted octanol–water partition coefficient (Wildman–Crippen LogP) is 1.95. The first kappa shape index (κ1) is 7.09. The Morgan fingerprint density at radius 2 is 2.17 bits per heavy atom. The second kappa shape index (κ2) is 2.81. The topological polar surface area (TPSA) is 54.7 Å². The third kappa shape index (κ3) is 1.11. The highest BCUT2D eigenvalue weighted by Crippen LogP contribution is 2.32. The highest BCUT2D eigenvalue weighted by Gasteiger charge is 2.12. The largest absolute Gasteiger partial charge is 0.454 e. The van der Waals surface area contributed by atoms with E-state index in [9.17, 15) is 0 Å². The molecule has 2 rings (SSSR count). The van der Waals surface area contributed by atoms with Crippen LogP contribution >= 0.6 is 0 Å². The molecule has 1 aromatic carbocycles. The first-order valence-corrected chi connectivity index (χ1v) is 3.62. The second-order valence-electron chi connectivity index (χ2n) is 2.50. The molecule has 1 aliphatic heterocycles. The van der Waals surface area contributed by atoms with E-state index in [1.165, 1.54) is 0 Å². The number of benzene rings is 1. The summed E-state index contributed by atoms with van der Waals surface area (Å²) in [5.74, 6) is 1.51. The van der Waals surface area contributed by atoms with Crippen molar-refractivity contribution in [3.8, 4) is 11.5 Å². The van der Waals surface area contributed by atoms with Crippen LogP contribution in [0, 0.1) is 5.53 Å². The van der Waals surface area contributed by atoms with Gasteiger partial charge in [-0.3, -0.25) is 0 Å². The molecule has 1 aliphatic rings. The molecule has 12 heavy (non-hydrogen) atoms. The highest BCUT2D eigenvalue weighted by molar-refractivity contribution is 5.44. The molecule has 0 saturated heterocycles. The van der Waals surface area contributed by atoms with Crippen LogP contribution in [0.5, 0.6) is 11.5 Å². The summed E-state index contributed by atoms with van der Waals surface area (Å²) in [6.07, 6.45) is 0. The fourth-order valence-corrected chi connectivity index (χ4v) is 1.13. The third-order valence-corrected chi connectivity index (χ3v) is 1.70. The van der Waals surface area contributed by atoms with Crippen molar-refractivity contribution in [3.05, 3.63) is 23.8 Å². The number of hydrogen-bond acceptors (Lipinski definition) is 4. The van der Waals surface area contributed by atoms with Gasteiger partial charge in [-0.2, -0.15) is 5.11 Å². The Balaban J connectivity index is 2.32. The average Bonchev–Trinajstić information content (AvgIpc) is 2.51. The Hall–Kier alpha value is -1.58. The lowest BCUT2D eigenvalue weighted by molar-refractivity contribution is 0.174. The monoisotopic (exact) mass is 164 g/mol. The Morgan fingerprint density at radius 1 is 1.33 bits per heavy atom. The van der Waals surface area contributed by atoms with Crippen LogP contribution in [0.1, 0.15) is 5.56 Å². The van der Waals surface area contributed by atoms with E-state index in [1.54, 1.807) is 0 Å². The molecule has 0 radical (unpaired) electrons. The summed E-state index contributed by atoms with van der Waals surface area (Å²) in [5.41, 5.74) is 7.66. The molecule has 1 N–H and O–H groups in total. The van der Waals surface area contributed by atoms with E-state index in [2.05, 4.69) is 5.11 Å². The Morgan fingerprint density at radius 3 is 3.00 bits per heavy atom. The van der Waals surface area contributed by atoms with Gasteiger partial charge in [-0.25, -0.2) is 5.53 Å². The zero-order valence-corrected chi connectivity index (χ0v) is 6.41. The van der Waals surface area contributed by atoms with Crippen LogP contribution in [0.2, 0.25) is 0 Å². The van der Waals surface area contributed by atoms with Crippen molar-refractivity contribution in [2.75, 3.05) is 6.79 Å². The molecular weight excluding hydrogens is 156 g/mol. The number of fused-ring (bicyclic) bond motifs is 1. The molecule has 0 fully saturated rings. The van der Waals surface area contributed by atoms with E-state index >= 15 is 0 Å². The molecule has 0 atom stereocenters. The summed E-state index contributed by atoms with van der Waals surface area (Å²) < 4.78 is 10.3. The summed E-state index contributed by atoms with van der Waals surface area (Å²) in [7, 11) is 0. The van der Waals surface area contributed by atoms with Crippen molar-refractivity contribution in [3.63, 3.8) is 0 Å². The van der Waals surface area contributed by atoms with Crippen molar-refractivity contribution >= 4 is 0 Å². The van der Waals surface area contributed by atoms with Gasteiger partial charge in [0.1, 0.15) is 0 Å². The maximum Gasteiger partial charge on any atom is 0.231 e. The number of ether oxygens (including phenoxy) is 2. The van der Waals surface area contributed by atoms with E-state index in [0.717, 1.165) is 17.1 Å². The minimum absolute atomic E-state index is 0.288. The van der Waals surface area contributed by atoms with Gasteiger partial charge in [0.05, 0.1) is 6.54 Å². The minimum atomic E-state index is 0.288. The van der Waals surface area contributed by atoms with Crippen LogP contribution in [0.25, 0.3) is 0 Å². The van der Waals surface area contributed by atoms with Gasteiger partial charge in [0.2, 0.25) is 6.79 Å². The van der Waals surface area contributed by atoms with Gasteiger partial charge in [0.25, 0.3) is 0 Å². The van der Waals surface area contributed by atoms with Crippen molar-refractivity contribution in [1.82, 2.24) is 0 Å². The zero-order valence-electron chi connectivity index (χ0n) is 6.41. The molecule has 62 valence electrons. The maximum atomic E-state index is 6.69. The summed E-state index contributed by atoms with van der Waals surface area (Å²) in [6, 6.07) is 5.56. The van der Waals surface area contributed by atoms with Crippen molar-refractivity contribution in [2.45, 2.75) is 6.54 Å². The fraction of sp³-hybridized carbons (Fsp3) is 0.250. The molecule has 0 saturated carbocycles. The van der Waals surface area contributed by atoms with Crippen molar-refractivity contribution in [2.24, 2.45) is 5.11 Å². The summed E-state index contributed by atoms with van der Waals surface area (Å²) >= 11 is 0. The average molecular weight is 164 g/mol.